The van der Waals surface area contributed by atoms with E-state index in [0.717, 1.165) is 25.7 Å². The Balaban J connectivity index is 2.85. The number of nitrogens with zero attached hydrogens (tertiary/aromatic N) is 1. The fourth-order valence-electron chi connectivity index (χ4n) is 2.04. The second-order valence-corrected chi connectivity index (χ2v) is 7.16. The molecule has 1 atom stereocenters. The molecule has 118 valence electrons. The predicted molar refractivity (Wildman–Crippen MR) is 88.6 cm³/mol. The quantitative estimate of drug-likeness (QED) is 0.679. The number of nitrogens with two attached hydrogens (primary N) is 1. The minimum Gasteiger partial charge on any atom is -0.388 e. The molecule has 1 aromatic rings. The van der Waals surface area contributed by atoms with E-state index >= 15 is 0 Å². The minimum atomic E-state index is -3.65. The van der Waals surface area contributed by atoms with Crippen LogP contribution >= 0.6 is 12.2 Å². The molecule has 0 spiro atoms. The molecule has 0 aliphatic carbocycles. The highest BCUT2D eigenvalue weighted by atomic mass is 32.2. The first kappa shape index (κ1) is 18.0. The highest BCUT2D eigenvalue weighted by Crippen LogP contribution is 2.15. The van der Waals surface area contributed by atoms with Crippen LogP contribution in [0.2, 0.25) is 0 Å². The summed E-state index contributed by atoms with van der Waals surface area (Å²) < 4.78 is 27.4. The van der Waals surface area contributed by atoms with Crippen LogP contribution in [0.3, 0.4) is 0 Å². The number of hydrogen-bond acceptors (Lipinski definition) is 4. The van der Waals surface area contributed by atoms with Gasteiger partial charge in [0.05, 0.1) is 0 Å². The summed E-state index contributed by atoms with van der Waals surface area (Å²) in [5.74, 6) is 0.338. The van der Waals surface area contributed by atoms with Gasteiger partial charge in [0.25, 0.3) is 0 Å². The van der Waals surface area contributed by atoms with Crippen molar-refractivity contribution in [1.82, 2.24) is 9.71 Å². The SMILES string of the molecule is CCCCC(CC)CNS(=O)(=O)c1cccnc1C(N)=S. The van der Waals surface area contributed by atoms with E-state index in [1.54, 1.807) is 6.07 Å². The molecule has 0 fully saturated rings. The van der Waals surface area contributed by atoms with Gasteiger partial charge in [-0.1, -0.05) is 45.3 Å². The number of thiocarbonyl (C=S) groups is 1. The highest BCUT2D eigenvalue weighted by Gasteiger charge is 2.21. The smallest absolute Gasteiger partial charge is 0.242 e. The molecule has 0 saturated heterocycles. The maximum atomic E-state index is 12.4. The third-order valence-corrected chi connectivity index (χ3v) is 5.05. The number of rotatable bonds is 9. The first-order valence-electron chi connectivity index (χ1n) is 7.16. The largest absolute Gasteiger partial charge is 0.388 e. The molecule has 0 aliphatic rings. The summed E-state index contributed by atoms with van der Waals surface area (Å²) in [7, 11) is -3.65. The molecule has 3 N–H and O–H groups in total. The van der Waals surface area contributed by atoms with E-state index in [2.05, 4.69) is 23.6 Å². The maximum Gasteiger partial charge on any atom is 0.242 e. The number of unbranched alkanes of at least 4 members (excludes halogenated alkanes) is 1. The van der Waals surface area contributed by atoms with Gasteiger partial charge in [-0.2, -0.15) is 0 Å². The van der Waals surface area contributed by atoms with E-state index in [1.807, 2.05) is 0 Å². The summed E-state index contributed by atoms with van der Waals surface area (Å²) in [5, 5.41) is 0. The van der Waals surface area contributed by atoms with Crippen LogP contribution in [-0.4, -0.2) is 24.9 Å². The van der Waals surface area contributed by atoms with Gasteiger partial charge in [0, 0.05) is 12.7 Å². The molecule has 0 radical (unpaired) electrons. The Hall–Kier alpha value is -1.05. The van der Waals surface area contributed by atoms with E-state index in [-0.39, 0.29) is 15.6 Å². The van der Waals surface area contributed by atoms with Gasteiger partial charge in [0.1, 0.15) is 15.6 Å². The number of sulfonamides is 1. The van der Waals surface area contributed by atoms with Crippen LogP contribution < -0.4 is 10.5 Å². The maximum absolute atomic E-state index is 12.4. The Morgan fingerprint density at radius 1 is 1.48 bits per heavy atom. The summed E-state index contributed by atoms with van der Waals surface area (Å²) >= 11 is 4.86. The molecular formula is C14H23N3O2S2. The monoisotopic (exact) mass is 329 g/mol. The molecule has 0 aromatic carbocycles. The third-order valence-electron chi connectivity index (χ3n) is 3.40. The Morgan fingerprint density at radius 3 is 2.76 bits per heavy atom. The summed E-state index contributed by atoms with van der Waals surface area (Å²) in [6.45, 7) is 4.62. The zero-order valence-corrected chi connectivity index (χ0v) is 14.1. The van der Waals surface area contributed by atoms with Crippen LogP contribution in [0.5, 0.6) is 0 Å². The molecular weight excluding hydrogens is 306 g/mol. The van der Waals surface area contributed by atoms with Gasteiger partial charge in [-0.05, 0) is 24.5 Å². The van der Waals surface area contributed by atoms with E-state index in [1.165, 1.54) is 12.3 Å². The predicted octanol–water partition coefficient (Wildman–Crippen LogP) is 2.21. The van der Waals surface area contributed by atoms with Gasteiger partial charge in [-0.3, -0.25) is 4.98 Å². The Morgan fingerprint density at radius 2 is 2.19 bits per heavy atom. The van der Waals surface area contributed by atoms with Crippen LogP contribution in [0, 0.1) is 5.92 Å². The Bertz CT molecular complexity index is 573. The van der Waals surface area contributed by atoms with Gasteiger partial charge in [-0.25, -0.2) is 13.1 Å². The lowest BCUT2D eigenvalue weighted by molar-refractivity contribution is 0.443. The molecule has 0 bridgehead atoms. The van der Waals surface area contributed by atoms with Crippen molar-refractivity contribution in [2.75, 3.05) is 6.54 Å². The van der Waals surface area contributed by atoms with Gasteiger partial charge >= 0.3 is 0 Å². The lowest BCUT2D eigenvalue weighted by Crippen LogP contribution is -2.31. The zero-order valence-electron chi connectivity index (χ0n) is 12.5. The highest BCUT2D eigenvalue weighted by molar-refractivity contribution is 7.89. The van der Waals surface area contributed by atoms with Gasteiger partial charge in [0.2, 0.25) is 10.0 Å². The zero-order chi connectivity index (χ0) is 15.9. The van der Waals surface area contributed by atoms with Gasteiger partial charge in [-0.15, -0.1) is 0 Å². The summed E-state index contributed by atoms with van der Waals surface area (Å²) in [6.07, 6.45) is 5.65. The standard InChI is InChI=1S/C14H23N3O2S2/c1-3-5-7-11(4-2)10-17-21(18,19)12-8-6-9-16-13(12)14(15)20/h6,8-9,11,17H,3-5,7,10H2,1-2H3,(H2,15,20). The van der Waals surface area contributed by atoms with Crippen LogP contribution in [0.1, 0.15) is 45.2 Å². The van der Waals surface area contributed by atoms with Gasteiger partial charge < -0.3 is 5.73 Å². The number of aromatic nitrogens is 1. The molecule has 5 nitrogen and oxygen atoms in total. The van der Waals surface area contributed by atoms with Crippen molar-refractivity contribution in [3.05, 3.63) is 24.0 Å². The normalized spacial score (nSPS) is 13.0. The van der Waals surface area contributed by atoms with Crippen LogP contribution in [0.15, 0.2) is 23.2 Å². The Labute approximate surface area is 132 Å². The van der Waals surface area contributed by atoms with Crippen LogP contribution in [0.4, 0.5) is 0 Å². The molecule has 1 rings (SSSR count). The van der Waals surface area contributed by atoms with E-state index in [9.17, 15) is 8.42 Å². The van der Waals surface area contributed by atoms with Crippen molar-refractivity contribution >= 4 is 27.2 Å². The fourth-order valence-corrected chi connectivity index (χ4v) is 3.55. The van der Waals surface area contributed by atoms with E-state index in [4.69, 9.17) is 18.0 Å². The average molecular weight is 329 g/mol. The molecule has 0 amide bonds. The van der Waals surface area contributed by atoms with Gasteiger partial charge in [0.15, 0.2) is 0 Å². The van der Waals surface area contributed by atoms with Crippen molar-refractivity contribution in [3.63, 3.8) is 0 Å². The number of nitrogens with one attached hydrogen (secondary N) is 1. The summed E-state index contributed by atoms with van der Waals surface area (Å²) in [4.78, 5) is 3.98. The molecule has 1 aromatic heterocycles. The number of pyridine rings is 1. The molecule has 1 unspecified atom stereocenters. The van der Waals surface area contributed by atoms with Crippen molar-refractivity contribution in [3.8, 4) is 0 Å². The molecule has 0 aliphatic heterocycles. The van der Waals surface area contributed by atoms with E-state index < -0.39 is 10.0 Å². The number of hydrogen-bond donors (Lipinski definition) is 2. The second kappa shape index (κ2) is 8.41. The molecule has 21 heavy (non-hydrogen) atoms. The van der Waals surface area contributed by atoms with Crippen molar-refractivity contribution < 1.29 is 8.42 Å². The van der Waals surface area contributed by atoms with Crippen LogP contribution in [0.25, 0.3) is 0 Å². The topological polar surface area (TPSA) is 85.1 Å². The minimum absolute atomic E-state index is 0.0194. The molecule has 1 heterocycles. The van der Waals surface area contributed by atoms with E-state index in [0.29, 0.717) is 12.5 Å². The first-order chi connectivity index (χ1) is 9.92. The summed E-state index contributed by atoms with van der Waals surface area (Å²) in [5.41, 5.74) is 5.68. The van der Waals surface area contributed by atoms with Crippen molar-refractivity contribution in [1.29, 1.82) is 0 Å². The lowest BCUT2D eigenvalue weighted by Gasteiger charge is -2.16. The van der Waals surface area contributed by atoms with Crippen molar-refractivity contribution in [2.45, 2.75) is 44.4 Å². The lowest BCUT2D eigenvalue weighted by atomic mass is 10.00. The second-order valence-electron chi connectivity index (χ2n) is 4.98. The third kappa shape index (κ3) is 5.33. The first-order valence-corrected chi connectivity index (χ1v) is 9.06. The van der Waals surface area contributed by atoms with Crippen LogP contribution in [-0.2, 0) is 10.0 Å². The fraction of sp³-hybridized carbons (Fsp3) is 0.571. The summed E-state index contributed by atoms with van der Waals surface area (Å²) in [6, 6.07) is 3.03. The molecule has 7 heteroatoms. The van der Waals surface area contributed by atoms with Crippen molar-refractivity contribution in [2.24, 2.45) is 11.7 Å². The average Bonchev–Trinajstić information content (AvgIpc) is 2.47. The Kier molecular flexibility index (Phi) is 7.21. The molecule has 0 saturated carbocycles.